The second-order valence-corrected chi connectivity index (χ2v) is 18.5. The highest BCUT2D eigenvalue weighted by atomic mass is 16.7. The van der Waals surface area contributed by atoms with Crippen LogP contribution >= 0.6 is 0 Å². The lowest BCUT2D eigenvalue weighted by atomic mass is 10.1. The minimum atomic E-state index is -1.52. The zero-order valence-electron chi connectivity index (χ0n) is 43.7. The summed E-state index contributed by atoms with van der Waals surface area (Å²) in [5.74, 6) is -2.05. The first kappa shape index (κ1) is 64.0. The first-order valence-electron chi connectivity index (χ1n) is 26.6. The number of aliphatic carboxylic acids is 1. The summed E-state index contributed by atoms with van der Waals surface area (Å²) in [6.45, 7) is 4.70. The molecule has 2 unspecified atom stereocenters. The summed E-state index contributed by atoms with van der Waals surface area (Å²) in [7, 11) is 5.94. The molecule has 0 saturated carbocycles. The molecule has 0 spiro atoms. The van der Waals surface area contributed by atoms with Crippen LogP contribution in [0, 0.1) is 0 Å². The standard InChI is InChI=1S/C59H97NO8/c1-6-8-10-12-14-16-18-19-20-21-22-23-24-25-26-27-28-29-30-31-32-33-34-35-36-37-38-39-40-42-44-46-48-50-57(62)68-55(54-67-59(58(63)64)65-52-51-60(3,4)5)53-66-56(61)49-47-45-43-41-17-15-13-11-9-7-2/h8,10,14,16,19-20,22-23,25-26,28-29,31-32,34-35,37-38,55,59H,6-7,9,11-13,15,17-18,21,24,27,30,33,36,39-54H2,1-5H3/p+1/b10-8-,16-14-,20-19-,23-22-,26-25-,29-28-,32-31-,35-34-,38-37-. The Morgan fingerprint density at radius 2 is 0.838 bits per heavy atom. The van der Waals surface area contributed by atoms with Crippen molar-refractivity contribution in [2.45, 2.75) is 200 Å². The molecule has 0 fully saturated rings. The highest BCUT2D eigenvalue weighted by Gasteiger charge is 2.25. The quantitative estimate of drug-likeness (QED) is 0.0211. The van der Waals surface area contributed by atoms with Crippen molar-refractivity contribution < 1.29 is 42.9 Å². The Bertz CT molecular complexity index is 1480. The summed E-state index contributed by atoms with van der Waals surface area (Å²) in [5.41, 5.74) is 0. The van der Waals surface area contributed by atoms with E-state index >= 15 is 0 Å². The van der Waals surface area contributed by atoms with Crippen LogP contribution in [0.5, 0.6) is 0 Å². The molecule has 0 rings (SSSR count). The van der Waals surface area contributed by atoms with Crippen molar-refractivity contribution in [1.29, 1.82) is 0 Å². The molecule has 9 heteroatoms. The van der Waals surface area contributed by atoms with Crippen molar-refractivity contribution >= 4 is 17.9 Å². The van der Waals surface area contributed by atoms with Crippen LogP contribution in [0.25, 0.3) is 0 Å². The van der Waals surface area contributed by atoms with Gasteiger partial charge in [-0.2, -0.15) is 0 Å². The van der Waals surface area contributed by atoms with Gasteiger partial charge in [-0.1, -0.05) is 200 Å². The molecule has 0 aromatic carbocycles. The Labute approximate surface area is 415 Å². The first-order valence-corrected chi connectivity index (χ1v) is 26.6. The van der Waals surface area contributed by atoms with Gasteiger partial charge in [-0.3, -0.25) is 9.59 Å². The molecule has 9 nitrogen and oxygen atoms in total. The highest BCUT2D eigenvalue weighted by molar-refractivity contribution is 5.71. The third-order valence-corrected chi connectivity index (χ3v) is 10.8. The number of carbonyl (C=O) groups is 3. The van der Waals surface area contributed by atoms with E-state index in [1.807, 2.05) is 21.1 Å². The van der Waals surface area contributed by atoms with Crippen LogP contribution in [-0.2, 0) is 33.3 Å². The van der Waals surface area contributed by atoms with E-state index in [1.165, 1.54) is 44.9 Å². The molecule has 0 aliphatic rings. The Morgan fingerprint density at radius 3 is 1.25 bits per heavy atom. The van der Waals surface area contributed by atoms with E-state index in [-0.39, 0.29) is 32.2 Å². The molecule has 0 aliphatic heterocycles. The van der Waals surface area contributed by atoms with Crippen LogP contribution in [0.4, 0.5) is 0 Å². The van der Waals surface area contributed by atoms with Gasteiger partial charge in [-0.15, -0.1) is 0 Å². The van der Waals surface area contributed by atoms with E-state index in [2.05, 4.69) is 123 Å². The Kier molecular flexibility index (Phi) is 46.4. The molecule has 386 valence electrons. The molecule has 0 aromatic heterocycles. The summed E-state index contributed by atoms with van der Waals surface area (Å²) in [6, 6.07) is 0. The van der Waals surface area contributed by atoms with E-state index in [9.17, 15) is 19.5 Å². The van der Waals surface area contributed by atoms with Crippen LogP contribution in [-0.4, -0.2) is 87.4 Å². The highest BCUT2D eigenvalue weighted by Crippen LogP contribution is 2.13. The molecule has 2 atom stereocenters. The number of ether oxygens (including phenoxy) is 4. The number of carbonyl (C=O) groups excluding carboxylic acids is 2. The van der Waals surface area contributed by atoms with E-state index in [4.69, 9.17) is 18.9 Å². The maximum Gasteiger partial charge on any atom is 0.361 e. The number of hydrogen-bond acceptors (Lipinski definition) is 7. The Balaban J connectivity index is 4.27. The third-order valence-electron chi connectivity index (χ3n) is 10.8. The number of nitrogens with zero attached hydrogens (tertiary/aromatic N) is 1. The lowest BCUT2D eigenvalue weighted by molar-refractivity contribution is -0.870. The molecule has 0 aromatic rings. The summed E-state index contributed by atoms with van der Waals surface area (Å²) in [4.78, 5) is 37.2. The lowest BCUT2D eigenvalue weighted by Gasteiger charge is -2.25. The number of likely N-dealkylation sites (N-methyl/N-ethyl adjacent to an activating group) is 1. The summed E-state index contributed by atoms with van der Waals surface area (Å²) in [5, 5.41) is 9.65. The fourth-order valence-electron chi connectivity index (χ4n) is 6.71. The topological polar surface area (TPSA) is 108 Å². The Hall–Kier alpha value is -4.05. The molecule has 0 aliphatic carbocycles. The van der Waals surface area contributed by atoms with Crippen molar-refractivity contribution in [3.05, 3.63) is 109 Å². The maximum atomic E-state index is 12.8. The zero-order valence-corrected chi connectivity index (χ0v) is 43.7. The summed E-state index contributed by atoms with van der Waals surface area (Å²) < 4.78 is 22.7. The maximum absolute atomic E-state index is 12.8. The van der Waals surface area contributed by atoms with Gasteiger partial charge in [0.05, 0.1) is 34.4 Å². The number of unbranched alkanes of at least 4 members (excludes halogenated alkanes) is 14. The monoisotopic (exact) mass is 949 g/mol. The van der Waals surface area contributed by atoms with E-state index in [0.717, 1.165) is 109 Å². The van der Waals surface area contributed by atoms with Gasteiger partial charge in [-0.25, -0.2) is 4.79 Å². The lowest BCUT2D eigenvalue weighted by Crippen LogP contribution is -2.40. The number of quaternary nitrogens is 1. The molecule has 0 bridgehead atoms. The smallest absolute Gasteiger partial charge is 0.361 e. The van der Waals surface area contributed by atoms with Gasteiger partial charge in [0.25, 0.3) is 6.29 Å². The van der Waals surface area contributed by atoms with Gasteiger partial charge in [0.1, 0.15) is 13.2 Å². The van der Waals surface area contributed by atoms with Crippen LogP contribution in [0.1, 0.15) is 187 Å². The van der Waals surface area contributed by atoms with Crippen molar-refractivity contribution in [3.63, 3.8) is 0 Å². The Morgan fingerprint density at radius 1 is 0.456 bits per heavy atom. The third kappa shape index (κ3) is 49.8. The molecule has 0 saturated heterocycles. The van der Waals surface area contributed by atoms with Crippen molar-refractivity contribution in [2.24, 2.45) is 0 Å². The molecule has 0 heterocycles. The van der Waals surface area contributed by atoms with Gasteiger partial charge in [0.15, 0.2) is 6.10 Å². The first-order chi connectivity index (χ1) is 33.1. The molecular formula is C59H98NO8+. The van der Waals surface area contributed by atoms with Gasteiger partial charge in [-0.05, 0) is 83.5 Å². The van der Waals surface area contributed by atoms with Gasteiger partial charge in [0, 0.05) is 12.8 Å². The number of rotatable bonds is 47. The van der Waals surface area contributed by atoms with Crippen molar-refractivity contribution in [1.82, 2.24) is 0 Å². The number of carboxylic acids is 1. The second-order valence-electron chi connectivity index (χ2n) is 18.5. The SMILES string of the molecule is CC/C=C\C/C=C\C/C=C\C/C=C\C/C=C\C/C=C\C/C=C\C/C=C\C/C=C\CCCCCCCC(=O)OC(COC(=O)CCCCCCCCCCCC)COC(OCC[N+](C)(C)C)C(=O)O. The molecule has 68 heavy (non-hydrogen) atoms. The van der Waals surface area contributed by atoms with E-state index in [0.29, 0.717) is 23.9 Å². The average Bonchev–Trinajstić information content (AvgIpc) is 3.30. The fraction of sp³-hybridized carbons (Fsp3) is 0.644. The van der Waals surface area contributed by atoms with Crippen LogP contribution in [0.3, 0.4) is 0 Å². The predicted octanol–water partition coefficient (Wildman–Crippen LogP) is 15.2. The fourth-order valence-corrected chi connectivity index (χ4v) is 6.71. The minimum absolute atomic E-state index is 0.179. The predicted molar refractivity (Wildman–Crippen MR) is 285 cm³/mol. The van der Waals surface area contributed by atoms with Crippen molar-refractivity contribution in [2.75, 3.05) is 47.5 Å². The minimum Gasteiger partial charge on any atom is -0.477 e. The number of allylic oxidation sites excluding steroid dienone is 18. The summed E-state index contributed by atoms with van der Waals surface area (Å²) >= 11 is 0. The molecule has 0 radical (unpaired) electrons. The number of hydrogen-bond donors (Lipinski definition) is 1. The van der Waals surface area contributed by atoms with E-state index < -0.39 is 24.3 Å². The van der Waals surface area contributed by atoms with Crippen LogP contribution < -0.4 is 0 Å². The summed E-state index contributed by atoms with van der Waals surface area (Å²) in [6.07, 6.45) is 64.5. The van der Waals surface area contributed by atoms with Crippen LogP contribution in [0.2, 0.25) is 0 Å². The van der Waals surface area contributed by atoms with Crippen LogP contribution in [0.15, 0.2) is 109 Å². The second kappa shape index (κ2) is 49.4. The van der Waals surface area contributed by atoms with Gasteiger partial charge in [0.2, 0.25) is 0 Å². The number of carboxylic acid groups (broad SMARTS) is 1. The largest absolute Gasteiger partial charge is 0.477 e. The molecule has 1 N–H and O–H groups in total. The van der Waals surface area contributed by atoms with Gasteiger partial charge < -0.3 is 28.5 Å². The normalized spacial score (nSPS) is 13.7. The van der Waals surface area contributed by atoms with E-state index in [1.54, 1.807) is 0 Å². The molecular weight excluding hydrogens is 851 g/mol. The molecule has 0 amide bonds. The zero-order chi connectivity index (χ0) is 49.9. The average molecular weight is 949 g/mol. The van der Waals surface area contributed by atoms with Gasteiger partial charge >= 0.3 is 17.9 Å². The number of esters is 2. The van der Waals surface area contributed by atoms with Crippen molar-refractivity contribution in [3.8, 4) is 0 Å².